The van der Waals surface area contributed by atoms with E-state index >= 15 is 0 Å². The van der Waals surface area contributed by atoms with Gasteiger partial charge in [0.15, 0.2) is 5.76 Å². The summed E-state index contributed by atoms with van der Waals surface area (Å²) in [6, 6.07) is 16.0. The summed E-state index contributed by atoms with van der Waals surface area (Å²) in [6.07, 6.45) is 1.52. The largest absolute Gasteiger partial charge is 0.452 e. The number of carbonyl (C=O) groups excluding carboxylic acids is 2. The van der Waals surface area contributed by atoms with E-state index in [0.29, 0.717) is 37.5 Å². The Balaban J connectivity index is 1.57. The Morgan fingerprint density at radius 2 is 1.72 bits per heavy atom. The average molecular weight is 446 g/mol. The van der Waals surface area contributed by atoms with E-state index in [1.165, 1.54) is 18.2 Å². The maximum atomic E-state index is 12.6. The zero-order valence-electron chi connectivity index (χ0n) is 14.6. The second-order valence-corrected chi connectivity index (χ2v) is 7.36. The quantitative estimate of drug-likeness (QED) is 0.263. The molecule has 1 heterocycles. The van der Waals surface area contributed by atoms with Gasteiger partial charge in [0.25, 0.3) is 0 Å². The molecule has 0 aromatic heterocycles. The van der Waals surface area contributed by atoms with Crippen LogP contribution in [0.5, 0.6) is 11.5 Å². The van der Waals surface area contributed by atoms with Gasteiger partial charge in [-0.15, -0.1) is 0 Å². The predicted octanol–water partition coefficient (Wildman–Crippen LogP) is 6.48. The Labute approximate surface area is 181 Å². The fourth-order valence-corrected chi connectivity index (χ4v) is 3.24. The number of Topliss-reactive ketones (excluding diaryl/α,β-unsaturated/α-hetero) is 1. The third kappa shape index (κ3) is 4.01. The first-order chi connectivity index (χ1) is 13.9. The Morgan fingerprint density at radius 1 is 0.966 bits per heavy atom. The number of halogens is 3. The fourth-order valence-electron chi connectivity index (χ4n) is 2.76. The SMILES string of the molecule is O=C(Oc1ccc2c(c1)O/C(=C\c1cccc(Cl)c1Cl)C2=O)c1ccc(Cl)cc1. The number of hydrogen-bond donors (Lipinski definition) is 0. The zero-order valence-corrected chi connectivity index (χ0v) is 16.9. The molecule has 0 radical (unpaired) electrons. The van der Waals surface area contributed by atoms with Crippen LogP contribution in [-0.2, 0) is 0 Å². The number of fused-ring (bicyclic) bond motifs is 1. The summed E-state index contributed by atoms with van der Waals surface area (Å²) < 4.78 is 11.0. The van der Waals surface area contributed by atoms with E-state index in [1.807, 2.05) is 0 Å². The molecule has 3 aromatic rings. The van der Waals surface area contributed by atoms with Crippen molar-refractivity contribution in [2.24, 2.45) is 0 Å². The maximum absolute atomic E-state index is 12.6. The summed E-state index contributed by atoms with van der Waals surface area (Å²) in [5.41, 5.74) is 1.27. The molecule has 3 aromatic carbocycles. The number of allylic oxidation sites excluding steroid dienone is 1. The lowest BCUT2D eigenvalue weighted by Gasteiger charge is -2.06. The first-order valence-electron chi connectivity index (χ1n) is 8.42. The van der Waals surface area contributed by atoms with Crippen LogP contribution in [-0.4, -0.2) is 11.8 Å². The summed E-state index contributed by atoms with van der Waals surface area (Å²) in [7, 11) is 0. The van der Waals surface area contributed by atoms with Gasteiger partial charge in [0.05, 0.1) is 21.2 Å². The van der Waals surface area contributed by atoms with Gasteiger partial charge < -0.3 is 9.47 Å². The normalized spacial score (nSPS) is 13.9. The average Bonchev–Trinajstić information content (AvgIpc) is 3.01. The third-order valence-electron chi connectivity index (χ3n) is 4.20. The third-order valence-corrected chi connectivity index (χ3v) is 5.29. The second-order valence-electron chi connectivity index (χ2n) is 6.14. The Kier molecular flexibility index (Phi) is 5.33. The number of benzene rings is 3. The van der Waals surface area contributed by atoms with Gasteiger partial charge in [-0.2, -0.15) is 0 Å². The molecular formula is C22H11Cl3O4. The smallest absolute Gasteiger partial charge is 0.343 e. The molecule has 7 heteroatoms. The number of carbonyl (C=O) groups is 2. The Hall–Kier alpha value is -2.79. The highest BCUT2D eigenvalue weighted by atomic mass is 35.5. The van der Waals surface area contributed by atoms with Crippen molar-refractivity contribution >= 4 is 52.6 Å². The lowest BCUT2D eigenvalue weighted by molar-refractivity contribution is 0.0734. The van der Waals surface area contributed by atoms with Gasteiger partial charge in [0.2, 0.25) is 5.78 Å². The fraction of sp³-hybridized carbons (Fsp3) is 0. The number of ketones is 1. The Morgan fingerprint density at radius 3 is 2.48 bits per heavy atom. The number of rotatable bonds is 3. The van der Waals surface area contributed by atoms with Gasteiger partial charge >= 0.3 is 5.97 Å². The standard InChI is InChI=1S/C22H11Cl3O4/c23-14-6-4-12(5-7-14)22(27)28-15-8-9-16-18(11-15)29-19(21(16)26)10-13-2-1-3-17(24)20(13)25/h1-11H/b19-10-. The second kappa shape index (κ2) is 7.91. The van der Waals surface area contributed by atoms with Crippen molar-refractivity contribution in [2.45, 2.75) is 0 Å². The highest BCUT2D eigenvalue weighted by Crippen LogP contribution is 2.36. The van der Waals surface area contributed by atoms with Crippen LogP contribution >= 0.6 is 34.8 Å². The van der Waals surface area contributed by atoms with E-state index in [2.05, 4.69) is 0 Å². The molecule has 0 atom stereocenters. The first-order valence-corrected chi connectivity index (χ1v) is 9.56. The zero-order chi connectivity index (χ0) is 20.5. The lowest BCUT2D eigenvalue weighted by atomic mass is 10.1. The molecule has 1 aliphatic heterocycles. The molecule has 0 saturated carbocycles. The van der Waals surface area contributed by atoms with Gasteiger partial charge in [-0.25, -0.2) is 4.79 Å². The van der Waals surface area contributed by atoms with Crippen LogP contribution in [0.2, 0.25) is 15.1 Å². The van der Waals surface area contributed by atoms with Gasteiger partial charge in [0, 0.05) is 11.1 Å². The minimum Gasteiger partial charge on any atom is -0.452 e. The summed E-state index contributed by atoms with van der Waals surface area (Å²) in [5, 5.41) is 1.22. The molecule has 1 aliphatic rings. The van der Waals surface area contributed by atoms with Crippen LogP contribution in [0.15, 0.2) is 66.4 Å². The van der Waals surface area contributed by atoms with Crippen molar-refractivity contribution in [3.8, 4) is 11.5 Å². The van der Waals surface area contributed by atoms with Crippen molar-refractivity contribution in [1.82, 2.24) is 0 Å². The van der Waals surface area contributed by atoms with Crippen LogP contribution in [0, 0.1) is 0 Å². The van der Waals surface area contributed by atoms with E-state index < -0.39 is 5.97 Å². The van der Waals surface area contributed by atoms with E-state index in [1.54, 1.807) is 48.5 Å². The first kappa shape index (κ1) is 19.5. The van der Waals surface area contributed by atoms with Gasteiger partial charge in [-0.1, -0.05) is 46.9 Å². The lowest BCUT2D eigenvalue weighted by Crippen LogP contribution is -2.08. The summed E-state index contributed by atoms with van der Waals surface area (Å²) >= 11 is 18.0. The number of ether oxygens (including phenoxy) is 2. The molecular weight excluding hydrogens is 435 g/mol. The van der Waals surface area contributed by atoms with E-state index in [-0.39, 0.29) is 17.3 Å². The molecule has 144 valence electrons. The van der Waals surface area contributed by atoms with Crippen molar-refractivity contribution in [2.75, 3.05) is 0 Å². The van der Waals surface area contributed by atoms with Crippen molar-refractivity contribution in [1.29, 1.82) is 0 Å². The highest BCUT2D eigenvalue weighted by Gasteiger charge is 2.28. The molecule has 4 nitrogen and oxygen atoms in total. The summed E-state index contributed by atoms with van der Waals surface area (Å²) in [5.74, 6) is -0.205. The molecule has 0 amide bonds. The molecule has 0 unspecified atom stereocenters. The molecule has 0 bridgehead atoms. The molecule has 4 rings (SSSR count). The van der Waals surface area contributed by atoms with E-state index in [4.69, 9.17) is 44.3 Å². The van der Waals surface area contributed by atoms with Crippen LogP contribution in [0.4, 0.5) is 0 Å². The van der Waals surface area contributed by atoms with Crippen LogP contribution in [0.25, 0.3) is 6.08 Å². The van der Waals surface area contributed by atoms with Crippen LogP contribution < -0.4 is 9.47 Å². The topological polar surface area (TPSA) is 52.6 Å². The van der Waals surface area contributed by atoms with Crippen LogP contribution in [0.1, 0.15) is 26.3 Å². The van der Waals surface area contributed by atoms with Crippen molar-refractivity contribution in [3.63, 3.8) is 0 Å². The predicted molar refractivity (Wildman–Crippen MR) is 112 cm³/mol. The molecule has 0 N–H and O–H groups in total. The maximum Gasteiger partial charge on any atom is 0.343 e. The summed E-state index contributed by atoms with van der Waals surface area (Å²) in [4.78, 5) is 24.8. The Bertz CT molecular complexity index is 1170. The van der Waals surface area contributed by atoms with Gasteiger partial charge in [-0.3, -0.25) is 4.79 Å². The highest BCUT2D eigenvalue weighted by molar-refractivity contribution is 6.43. The monoisotopic (exact) mass is 444 g/mol. The molecule has 0 aliphatic carbocycles. The van der Waals surface area contributed by atoms with Gasteiger partial charge in [0.1, 0.15) is 11.5 Å². The molecule has 0 fully saturated rings. The van der Waals surface area contributed by atoms with Crippen molar-refractivity contribution < 1.29 is 19.1 Å². The minimum atomic E-state index is -0.549. The van der Waals surface area contributed by atoms with Crippen LogP contribution in [0.3, 0.4) is 0 Å². The molecule has 0 saturated heterocycles. The van der Waals surface area contributed by atoms with Gasteiger partial charge in [-0.05, 0) is 54.1 Å². The summed E-state index contributed by atoms with van der Waals surface area (Å²) in [6.45, 7) is 0. The molecule has 29 heavy (non-hydrogen) atoms. The molecule has 0 spiro atoms. The van der Waals surface area contributed by atoms with Crippen molar-refractivity contribution in [3.05, 3.63) is 98.2 Å². The minimum absolute atomic E-state index is 0.102. The van der Waals surface area contributed by atoms with E-state index in [0.717, 1.165) is 0 Å². The number of hydrogen-bond acceptors (Lipinski definition) is 4. The number of esters is 1. The van der Waals surface area contributed by atoms with E-state index in [9.17, 15) is 9.59 Å².